The Kier molecular flexibility index (Phi) is 5.19. The van der Waals surface area contributed by atoms with Crippen molar-refractivity contribution in [3.8, 4) is 0 Å². The van der Waals surface area contributed by atoms with Crippen LogP contribution in [0.3, 0.4) is 0 Å². The van der Waals surface area contributed by atoms with Gasteiger partial charge in [0.15, 0.2) is 5.11 Å². The minimum atomic E-state index is 0.638. The molecule has 2 N–H and O–H groups in total. The SMILES string of the molecule is Cc1cccc(NC(=S)NCCC(C)C)n1. The molecule has 16 heavy (non-hydrogen) atoms. The number of hydrogen-bond donors (Lipinski definition) is 2. The first-order valence-electron chi connectivity index (χ1n) is 5.56. The van der Waals surface area contributed by atoms with Gasteiger partial charge in [0, 0.05) is 12.2 Å². The maximum Gasteiger partial charge on any atom is 0.171 e. The molecule has 0 aromatic carbocycles. The van der Waals surface area contributed by atoms with Gasteiger partial charge in [0.2, 0.25) is 0 Å². The molecule has 1 rings (SSSR count). The van der Waals surface area contributed by atoms with Crippen molar-refractivity contribution in [2.24, 2.45) is 5.92 Å². The normalized spacial score (nSPS) is 10.2. The van der Waals surface area contributed by atoms with Crippen molar-refractivity contribution in [1.29, 1.82) is 0 Å². The summed E-state index contributed by atoms with van der Waals surface area (Å²) in [5.41, 5.74) is 0.981. The van der Waals surface area contributed by atoms with Gasteiger partial charge in [-0.1, -0.05) is 19.9 Å². The third kappa shape index (κ3) is 5.07. The van der Waals surface area contributed by atoms with Crippen molar-refractivity contribution in [2.75, 3.05) is 11.9 Å². The smallest absolute Gasteiger partial charge is 0.171 e. The minimum absolute atomic E-state index is 0.638. The molecule has 0 fully saturated rings. The van der Waals surface area contributed by atoms with Gasteiger partial charge in [-0.15, -0.1) is 0 Å². The van der Waals surface area contributed by atoms with Gasteiger partial charge in [0.25, 0.3) is 0 Å². The first kappa shape index (κ1) is 12.9. The first-order valence-corrected chi connectivity index (χ1v) is 5.97. The zero-order valence-corrected chi connectivity index (χ0v) is 10.9. The predicted octanol–water partition coefficient (Wildman–Crippen LogP) is 2.72. The van der Waals surface area contributed by atoms with Crippen LogP contribution in [-0.2, 0) is 0 Å². The van der Waals surface area contributed by atoms with Gasteiger partial charge in [-0.2, -0.15) is 0 Å². The van der Waals surface area contributed by atoms with Crippen LogP contribution in [0.15, 0.2) is 18.2 Å². The molecule has 0 unspecified atom stereocenters. The zero-order valence-electron chi connectivity index (χ0n) is 10.1. The number of pyridine rings is 1. The fourth-order valence-corrected chi connectivity index (χ4v) is 1.45. The third-order valence-corrected chi connectivity index (χ3v) is 2.38. The van der Waals surface area contributed by atoms with E-state index in [1.807, 2.05) is 25.1 Å². The van der Waals surface area contributed by atoms with E-state index in [1.54, 1.807) is 0 Å². The van der Waals surface area contributed by atoms with Crippen molar-refractivity contribution < 1.29 is 0 Å². The summed E-state index contributed by atoms with van der Waals surface area (Å²) in [6.07, 6.45) is 1.11. The van der Waals surface area contributed by atoms with Crippen LogP contribution in [0.5, 0.6) is 0 Å². The third-order valence-electron chi connectivity index (χ3n) is 2.14. The highest BCUT2D eigenvalue weighted by atomic mass is 32.1. The van der Waals surface area contributed by atoms with Crippen LogP contribution < -0.4 is 10.6 Å². The van der Waals surface area contributed by atoms with Gasteiger partial charge in [-0.25, -0.2) is 4.98 Å². The Morgan fingerprint density at radius 1 is 1.44 bits per heavy atom. The van der Waals surface area contributed by atoms with Gasteiger partial charge in [-0.3, -0.25) is 0 Å². The molecule has 88 valence electrons. The Morgan fingerprint density at radius 2 is 2.19 bits per heavy atom. The Hall–Kier alpha value is -1.16. The van der Waals surface area contributed by atoms with E-state index in [0.717, 1.165) is 24.5 Å². The lowest BCUT2D eigenvalue weighted by Crippen LogP contribution is -2.30. The van der Waals surface area contributed by atoms with Crippen LogP contribution in [0, 0.1) is 12.8 Å². The van der Waals surface area contributed by atoms with E-state index in [-0.39, 0.29) is 0 Å². The maximum atomic E-state index is 5.17. The first-order chi connectivity index (χ1) is 7.58. The number of hydrogen-bond acceptors (Lipinski definition) is 2. The number of thiocarbonyl (C=S) groups is 1. The second kappa shape index (κ2) is 6.43. The molecule has 0 amide bonds. The lowest BCUT2D eigenvalue weighted by atomic mass is 10.1. The molecule has 0 aliphatic heterocycles. The zero-order chi connectivity index (χ0) is 12.0. The Labute approximate surface area is 103 Å². The fraction of sp³-hybridized carbons (Fsp3) is 0.500. The van der Waals surface area contributed by atoms with Crippen LogP contribution in [0.4, 0.5) is 5.82 Å². The van der Waals surface area contributed by atoms with E-state index in [0.29, 0.717) is 11.0 Å². The molecule has 1 heterocycles. The van der Waals surface area contributed by atoms with Crippen LogP contribution in [0.25, 0.3) is 0 Å². The molecule has 0 spiro atoms. The lowest BCUT2D eigenvalue weighted by Gasteiger charge is -2.11. The van der Waals surface area contributed by atoms with Crippen molar-refractivity contribution >= 4 is 23.1 Å². The second-order valence-electron chi connectivity index (χ2n) is 4.23. The number of aryl methyl sites for hydroxylation is 1. The molecular weight excluding hydrogens is 218 g/mol. The van der Waals surface area contributed by atoms with Crippen molar-refractivity contribution in [1.82, 2.24) is 10.3 Å². The number of aromatic nitrogens is 1. The van der Waals surface area contributed by atoms with Gasteiger partial charge in [0.05, 0.1) is 0 Å². The number of nitrogens with zero attached hydrogens (tertiary/aromatic N) is 1. The molecule has 0 bridgehead atoms. The maximum absolute atomic E-state index is 5.17. The predicted molar refractivity (Wildman–Crippen MR) is 72.7 cm³/mol. The van der Waals surface area contributed by atoms with Crippen molar-refractivity contribution in [2.45, 2.75) is 27.2 Å². The van der Waals surface area contributed by atoms with Gasteiger partial charge in [-0.05, 0) is 43.6 Å². The molecule has 0 radical (unpaired) electrons. The molecule has 1 aromatic rings. The summed E-state index contributed by atoms with van der Waals surface area (Å²) in [4.78, 5) is 4.32. The standard InChI is InChI=1S/C12H19N3S/c1-9(2)7-8-13-12(16)15-11-6-4-5-10(3)14-11/h4-6,9H,7-8H2,1-3H3,(H2,13,14,15,16). The highest BCUT2D eigenvalue weighted by Crippen LogP contribution is 2.03. The molecule has 4 heteroatoms. The van der Waals surface area contributed by atoms with E-state index in [9.17, 15) is 0 Å². The van der Waals surface area contributed by atoms with Crippen LogP contribution in [-0.4, -0.2) is 16.6 Å². The van der Waals surface area contributed by atoms with Crippen LogP contribution >= 0.6 is 12.2 Å². The van der Waals surface area contributed by atoms with Gasteiger partial charge >= 0.3 is 0 Å². The lowest BCUT2D eigenvalue weighted by molar-refractivity contribution is 0.579. The largest absolute Gasteiger partial charge is 0.362 e. The van der Waals surface area contributed by atoms with Crippen molar-refractivity contribution in [3.63, 3.8) is 0 Å². The molecule has 3 nitrogen and oxygen atoms in total. The highest BCUT2D eigenvalue weighted by Gasteiger charge is 1.99. The van der Waals surface area contributed by atoms with E-state index in [1.165, 1.54) is 0 Å². The van der Waals surface area contributed by atoms with E-state index >= 15 is 0 Å². The minimum Gasteiger partial charge on any atom is -0.362 e. The number of rotatable bonds is 4. The topological polar surface area (TPSA) is 37.0 Å². The Morgan fingerprint density at radius 3 is 2.81 bits per heavy atom. The number of anilines is 1. The van der Waals surface area contributed by atoms with E-state index in [2.05, 4.69) is 29.5 Å². The second-order valence-corrected chi connectivity index (χ2v) is 4.64. The molecule has 0 saturated carbocycles. The quantitative estimate of drug-likeness (QED) is 0.790. The molecule has 0 atom stereocenters. The molecular formula is C12H19N3S. The van der Waals surface area contributed by atoms with E-state index < -0.39 is 0 Å². The average Bonchev–Trinajstić information content (AvgIpc) is 2.16. The monoisotopic (exact) mass is 237 g/mol. The van der Waals surface area contributed by atoms with E-state index in [4.69, 9.17) is 12.2 Å². The summed E-state index contributed by atoms with van der Waals surface area (Å²) in [5, 5.41) is 6.87. The van der Waals surface area contributed by atoms with Crippen LogP contribution in [0.1, 0.15) is 26.0 Å². The van der Waals surface area contributed by atoms with Gasteiger partial charge in [0.1, 0.15) is 5.82 Å². The summed E-state index contributed by atoms with van der Waals surface area (Å²) < 4.78 is 0. The average molecular weight is 237 g/mol. The number of nitrogens with one attached hydrogen (secondary N) is 2. The summed E-state index contributed by atoms with van der Waals surface area (Å²) in [7, 11) is 0. The summed E-state index contributed by atoms with van der Waals surface area (Å²) in [6, 6.07) is 5.82. The van der Waals surface area contributed by atoms with Crippen molar-refractivity contribution in [3.05, 3.63) is 23.9 Å². The summed E-state index contributed by atoms with van der Waals surface area (Å²) in [6.45, 7) is 7.25. The highest BCUT2D eigenvalue weighted by molar-refractivity contribution is 7.80. The molecule has 0 saturated heterocycles. The van der Waals surface area contributed by atoms with Crippen LogP contribution in [0.2, 0.25) is 0 Å². The summed E-state index contributed by atoms with van der Waals surface area (Å²) >= 11 is 5.17. The molecule has 1 aromatic heterocycles. The summed E-state index contributed by atoms with van der Waals surface area (Å²) in [5.74, 6) is 1.48. The Balaban J connectivity index is 2.34. The molecule has 0 aliphatic rings. The molecule has 0 aliphatic carbocycles. The fourth-order valence-electron chi connectivity index (χ4n) is 1.25. The van der Waals surface area contributed by atoms with Gasteiger partial charge < -0.3 is 10.6 Å². The Bertz CT molecular complexity index is 350.